The summed E-state index contributed by atoms with van der Waals surface area (Å²) in [6.07, 6.45) is 0. The molecule has 6 rings (SSSR count). The summed E-state index contributed by atoms with van der Waals surface area (Å²) in [7, 11) is -6.10. The van der Waals surface area contributed by atoms with E-state index in [1.807, 2.05) is 0 Å². The van der Waals surface area contributed by atoms with E-state index in [0.29, 0.717) is 27.2 Å². The number of hydrogen-bond acceptors (Lipinski definition) is 9. The van der Waals surface area contributed by atoms with E-state index in [1.165, 1.54) is 31.4 Å². The largest absolute Gasteiger partial charge is 0.497 e. The fourth-order valence-corrected chi connectivity index (χ4v) is 8.37. The fourth-order valence-electron chi connectivity index (χ4n) is 4.34. The quantitative estimate of drug-likeness (QED) is 0.102. The molecule has 4 N–H and O–H groups in total. The number of hydrogen-bond donors (Lipinski definition) is 4. The summed E-state index contributed by atoms with van der Waals surface area (Å²) in [6, 6.07) is 30.3. The molecular formula is C35H28Cl2N4O7S4. The molecule has 0 atom stereocenters. The molecule has 268 valence electrons. The Balaban J connectivity index is 0.000000202. The first kappa shape index (κ1) is 38.3. The number of benzene rings is 4. The Morgan fingerprint density at radius 3 is 1.37 bits per heavy atom. The third-order valence-electron chi connectivity index (χ3n) is 6.86. The third kappa shape index (κ3) is 10.1. The minimum absolute atomic E-state index is 0.0681. The number of thiophene rings is 2. The van der Waals surface area contributed by atoms with Crippen molar-refractivity contribution < 1.29 is 31.2 Å². The van der Waals surface area contributed by atoms with Crippen LogP contribution in [0.1, 0.15) is 19.3 Å². The first-order valence-electron chi connectivity index (χ1n) is 14.9. The van der Waals surface area contributed by atoms with Gasteiger partial charge in [0.2, 0.25) is 0 Å². The molecule has 2 aromatic heterocycles. The lowest BCUT2D eigenvalue weighted by Crippen LogP contribution is -2.17. The van der Waals surface area contributed by atoms with Crippen LogP contribution in [-0.4, -0.2) is 35.8 Å². The second kappa shape index (κ2) is 17.1. The van der Waals surface area contributed by atoms with Gasteiger partial charge in [0.1, 0.15) is 15.5 Å². The van der Waals surface area contributed by atoms with Crippen molar-refractivity contribution in [2.75, 3.05) is 27.2 Å². The fraction of sp³-hybridized carbons (Fsp3) is 0.0286. The van der Waals surface area contributed by atoms with E-state index in [-0.39, 0.29) is 30.9 Å². The summed E-state index contributed by atoms with van der Waals surface area (Å²) in [6.45, 7) is 0. The van der Waals surface area contributed by atoms with E-state index in [4.69, 9.17) is 27.9 Å². The second-order valence-electron chi connectivity index (χ2n) is 10.4. The van der Waals surface area contributed by atoms with Crippen LogP contribution < -0.4 is 24.8 Å². The summed E-state index contributed by atoms with van der Waals surface area (Å²) >= 11 is 13.9. The molecular weight excluding hydrogens is 788 g/mol. The second-order valence-corrected chi connectivity index (χ2v) is 16.5. The highest BCUT2D eigenvalue weighted by molar-refractivity contribution is 7.93. The van der Waals surface area contributed by atoms with Gasteiger partial charge in [-0.25, -0.2) is 16.8 Å². The normalized spacial score (nSPS) is 11.1. The number of halogens is 2. The van der Waals surface area contributed by atoms with Gasteiger partial charge in [0, 0.05) is 21.4 Å². The number of nitrogens with one attached hydrogen (secondary N) is 4. The van der Waals surface area contributed by atoms with Crippen molar-refractivity contribution >= 4 is 100 Å². The molecule has 2 amide bonds. The molecule has 11 nitrogen and oxygen atoms in total. The molecule has 0 aliphatic carbocycles. The molecule has 0 saturated heterocycles. The number of methoxy groups -OCH3 is 1. The van der Waals surface area contributed by atoms with Crippen LogP contribution >= 0.6 is 45.9 Å². The topological polar surface area (TPSA) is 160 Å². The smallest absolute Gasteiger partial charge is 0.267 e. The van der Waals surface area contributed by atoms with Crippen molar-refractivity contribution in [2.45, 2.75) is 9.79 Å². The Labute approximate surface area is 318 Å². The van der Waals surface area contributed by atoms with Gasteiger partial charge < -0.3 is 15.4 Å². The maximum absolute atomic E-state index is 12.6. The van der Waals surface area contributed by atoms with Crippen LogP contribution in [-0.2, 0) is 20.0 Å². The predicted octanol–water partition coefficient (Wildman–Crippen LogP) is 8.92. The summed E-state index contributed by atoms with van der Waals surface area (Å²) < 4.78 is 59.9. The Morgan fingerprint density at radius 2 is 0.962 bits per heavy atom. The maximum Gasteiger partial charge on any atom is 0.267 e. The van der Waals surface area contributed by atoms with Crippen molar-refractivity contribution in [3.8, 4) is 5.75 Å². The Hall–Kier alpha value is -4.90. The highest BCUT2D eigenvalue weighted by Gasteiger charge is 2.21. The molecule has 0 spiro atoms. The molecule has 6 aromatic rings. The average Bonchev–Trinajstić information content (AvgIpc) is 3.80. The first-order chi connectivity index (χ1) is 24.8. The summed E-state index contributed by atoms with van der Waals surface area (Å²) in [5, 5.41) is 9.84. The van der Waals surface area contributed by atoms with Crippen LogP contribution in [0.3, 0.4) is 0 Å². The number of ether oxygens (including phenoxy) is 1. The molecule has 52 heavy (non-hydrogen) atoms. The van der Waals surface area contributed by atoms with Gasteiger partial charge in [0.05, 0.1) is 28.3 Å². The highest BCUT2D eigenvalue weighted by Crippen LogP contribution is 2.28. The lowest BCUT2D eigenvalue weighted by molar-refractivity contribution is 0.102. The number of amides is 2. The zero-order valence-electron chi connectivity index (χ0n) is 26.9. The van der Waals surface area contributed by atoms with E-state index >= 15 is 0 Å². The SMILES string of the molecule is COc1ccc(S(=O)(=O)Nc2ccsc2C(=O)Nc2ccc(Cl)cc2)cc1.O=C(Nc1ccc(Cl)cc1)c1sccc1NS(=O)(=O)c1ccccc1. The molecule has 0 aliphatic heterocycles. The highest BCUT2D eigenvalue weighted by atomic mass is 35.5. The van der Waals surface area contributed by atoms with Gasteiger partial charge in [-0.3, -0.25) is 19.0 Å². The van der Waals surface area contributed by atoms with Crippen LogP contribution in [0.4, 0.5) is 22.7 Å². The first-order valence-corrected chi connectivity index (χ1v) is 20.4. The minimum atomic E-state index is -3.84. The number of carbonyl (C=O) groups is 2. The molecule has 0 aliphatic rings. The molecule has 2 heterocycles. The summed E-state index contributed by atoms with van der Waals surface area (Å²) in [5.41, 5.74) is 1.57. The van der Waals surface area contributed by atoms with E-state index in [2.05, 4.69) is 20.1 Å². The van der Waals surface area contributed by atoms with E-state index in [9.17, 15) is 26.4 Å². The van der Waals surface area contributed by atoms with Gasteiger partial charge in [0.25, 0.3) is 31.9 Å². The van der Waals surface area contributed by atoms with Crippen LogP contribution in [0.25, 0.3) is 0 Å². The van der Waals surface area contributed by atoms with Gasteiger partial charge in [0.15, 0.2) is 0 Å². The van der Waals surface area contributed by atoms with Crippen molar-refractivity contribution in [1.29, 1.82) is 0 Å². The Bertz CT molecular complexity index is 2370. The zero-order chi connectivity index (χ0) is 37.3. The molecule has 17 heteroatoms. The number of sulfonamides is 2. The zero-order valence-corrected chi connectivity index (χ0v) is 31.6. The number of carbonyl (C=O) groups excluding carboxylic acids is 2. The van der Waals surface area contributed by atoms with Gasteiger partial charge in [-0.2, -0.15) is 0 Å². The molecule has 0 radical (unpaired) electrons. The molecule has 0 saturated carbocycles. The van der Waals surface area contributed by atoms with Crippen LogP contribution in [0.2, 0.25) is 10.0 Å². The van der Waals surface area contributed by atoms with Gasteiger partial charge >= 0.3 is 0 Å². The average molecular weight is 816 g/mol. The van der Waals surface area contributed by atoms with Gasteiger partial charge in [-0.1, -0.05) is 41.4 Å². The summed E-state index contributed by atoms with van der Waals surface area (Å²) in [5.74, 6) is -0.268. The van der Waals surface area contributed by atoms with E-state index in [0.717, 1.165) is 22.7 Å². The predicted molar refractivity (Wildman–Crippen MR) is 209 cm³/mol. The van der Waals surface area contributed by atoms with E-state index < -0.39 is 31.9 Å². The number of rotatable bonds is 11. The molecule has 0 bridgehead atoms. The van der Waals surface area contributed by atoms with Gasteiger partial charge in [-0.15, -0.1) is 22.7 Å². The monoisotopic (exact) mass is 814 g/mol. The summed E-state index contributed by atoms with van der Waals surface area (Å²) in [4.78, 5) is 25.7. The Morgan fingerprint density at radius 1 is 0.558 bits per heavy atom. The van der Waals surface area contributed by atoms with E-state index in [1.54, 1.807) is 102 Å². The van der Waals surface area contributed by atoms with Crippen molar-refractivity contribution in [3.05, 3.63) is 146 Å². The molecule has 0 fully saturated rings. The van der Waals surface area contributed by atoms with Crippen LogP contribution in [0.15, 0.2) is 136 Å². The third-order valence-corrected chi connectivity index (χ3v) is 12.0. The van der Waals surface area contributed by atoms with Crippen LogP contribution in [0, 0.1) is 0 Å². The minimum Gasteiger partial charge on any atom is -0.497 e. The van der Waals surface area contributed by atoms with Crippen molar-refractivity contribution in [2.24, 2.45) is 0 Å². The molecule has 0 unspecified atom stereocenters. The molecule has 4 aromatic carbocycles. The number of anilines is 4. The van der Waals surface area contributed by atoms with Crippen LogP contribution in [0.5, 0.6) is 5.75 Å². The van der Waals surface area contributed by atoms with Crippen molar-refractivity contribution in [3.63, 3.8) is 0 Å². The van der Waals surface area contributed by atoms with Gasteiger partial charge in [-0.05, 0) is 108 Å². The van der Waals surface area contributed by atoms with Crippen molar-refractivity contribution in [1.82, 2.24) is 0 Å². The lowest BCUT2D eigenvalue weighted by atomic mass is 10.3. The maximum atomic E-state index is 12.6. The standard InChI is InChI=1S/C18H15ClN2O4S2.C17H13ClN2O3S2/c1-25-14-6-8-15(9-7-14)27(23,24)21-16-10-11-26-17(16)18(22)20-13-4-2-12(19)3-5-13;18-12-6-8-13(9-7-12)19-17(21)16-15(10-11-24-16)20-25(22,23)14-4-2-1-3-5-14/h2-11,21H,1H3,(H,20,22);1-11,20H,(H,19,21). The Kier molecular flexibility index (Phi) is 12.6. The lowest BCUT2D eigenvalue weighted by Gasteiger charge is -2.10.